The predicted molar refractivity (Wildman–Crippen MR) is 32.0 cm³/mol. The molecule has 1 aliphatic rings. The minimum absolute atomic E-state index is 0.0779. The van der Waals surface area contributed by atoms with Crippen molar-refractivity contribution < 1.29 is 14.9 Å². The van der Waals surface area contributed by atoms with Gasteiger partial charge >= 0.3 is 0 Å². The van der Waals surface area contributed by atoms with E-state index in [4.69, 9.17) is 14.9 Å². The lowest BCUT2D eigenvalue weighted by Gasteiger charge is -2.08. The van der Waals surface area contributed by atoms with Crippen LogP contribution in [-0.4, -0.2) is 35.1 Å². The molecule has 3 atom stereocenters. The van der Waals surface area contributed by atoms with E-state index in [-0.39, 0.29) is 18.8 Å². The van der Waals surface area contributed by atoms with E-state index in [1.807, 2.05) is 6.92 Å². The molecule has 0 amide bonds. The summed E-state index contributed by atoms with van der Waals surface area (Å²) >= 11 is 0. The zero-order chi connectivity index (χ0) is 6.85. The standard InChI is InChI=1S/C6H12O3/c1-4-2-5(8)6(3-7)9-4/h4-8H,2-3H2,1H3/t4?,5?,6-/m1/s1. The molecule has 2 unspecified atom stereocenters. The van der Waals surface area contributed by atoms with E-state index in [0.29, 0.717) is 6.42 Å². The van der Waals surface area contributed by atoms with Gasteiger partial charge in [-0.05, 0) is 6.92 Å². The summed E-state index contributed by atoms with van der Waals surface area (Å²) in [6.07, 6.45) is -0.0762. The first-order valence-corrected chi connectivity index (χ1v) is 3.18. The Morgan fingerprint density at radius 1 is 1.67 bits per heavy atom. The van der Waals surface area contributed by atoms with Crippen molar-refractivity contribution in [3.05, 3.63) is 0 Å². The van der Waals surface area contributed by atoms with Gasteiger partial charge in [0.2, 0.25) is 0 Å². The molecule has 0 aromatic rings. The number of aliphatic hydroxyl groups is 2. The monoisotopic (exact) mass is 132 g/mol. The number of aliphatic hydroxyl groups excluding tert-OH is 2. The number of hydrogen-bond acceptors (Lipinski definition) is 3. The normalized spacial score (nSPS) is 43.7. The zero-order valence-corrected chi connectivity index (χ0v) is 5.45. The van der Waals surface area contributed by atoms with Crippen LogP contribution in [0.4, 0.5) is 0 Å². The average molecular weight is 132 g/mol. The van der Waals surface area contributed by atoms with Crippen molar-refractivity contribution in [2.75, 3.05) is 6.61 Å². The smallest absolute Gasteiger partial charge is 0.107 e. The molecule has 9 heavy (non-hydrogen) atoms. The molecule has 54 valence electrons. The van der Waals surface area contributed by atoms with Crippen molar-refractivity contribution in [3.8, 4) is 0 Å². The van der Waals surface area contributed by atoms with Crippen LogP contribution in [0.25, 0.3) is 0 Å². The Labute approximate surface area is 54.3 Å². The lowest BCUT2D eigenvalue weighted by Crippen LogP contribution is -2.24. The fraction of sp³-hybridized carbons (Fsp3) is 1.00. The molecule has 1 aliphatic heterocycles. The first kappa shape index (κ1) is 6.99. The fourth-order valence-corrected chi connectivity index (χ4v) is 1.10. The maximum Gasteiger partial charge on any atom is 0.107 e. The predicted octanol–water partition coefficient (Wildman–Crippen LogP) is -0.483. The Balaban J connectivity index is 2.38. The summed E-state index contributed by atoms with van der Waals surface area (Å²) in [5.74, 6) is 0. The molecular formula is C6H12O3. The summed E-state index contributed by atoms with van der Waals surface area (Å²) < 4.78 is 5.12. The molecule has 0 aromatic heterocycles. The van der Waals surface area contributed by atoms with Crippen molar-refractivity contribution in [3.63, 3.8) is 0 Å². The van der Waals surface area contributed by atoms with Gasteiger partial charge in [-0.1, -0.05) is 0 Å². The van der Waals surface area contributed by atoms with Crippen molar-refractivity contribution in [1.82, 2.24) is 0 Å². The minimum atomic E-state index is -0.468. The van der Waals surface area contributed by atoms with Crippen LogP contribution in [0.3, 0.4) is 0 Å². The second-order valence-corrected chi connectivity index (χ2v) is 2.47. The lowest BCUT2D eigenvalue weighted by atomic mass is 10.1. The van der Waals surface area contributed by atoms with Crippen LogP contribution in [0, 0.1) is 0 Å². The van der Waals surface area contributed by atoms with Gasteiger partial charge in [0.1, 0.15) is 6.10 Å². The SMILES string of the molecule is CC1CC(O)[C@@H](CO)O1. The summed E-state index contributed by atoms with van der Waals surface area (Å²) in [4.78, 5) is 0. The highest BCUT2D eigenvalue weighted by Gasteiger charge is 2.30. The largest absolute Gasteiger partial charge is 0.394 e. The van der Waals surface area contributed by atoms with Gasteiger partial charge in [0.05, 0.1) is 18.8 Å². The summed E-state index contributed by atoms with van der Waals surface area (Å²) in [6, 6.07) is 0. The quantitative estimate of drug-likeness (QED) is 0.506. The number of hydrogen-bond donors (Lipinski definition) is 2. The van der Waals surface area contributed by atoms with Crippen molar-refractivity contribution in [2.24, 2.45) is 0 Å². The third-order valence-electron chi connectivity index (χ3n) is 1.59. The van der Waals surface area contributed by atoms with Gasteiger partial charge in [-0.3, -0.25) is 0 Å². The Hall–Kier alpha value is -0.120. The average Bonchev–Trinajstić information content (AvgIpc) is 2.10. The Morgan fingerprint density at radius 3 is 2.56 bits per heavy atom. The van der Waals surface area contributed by atoms with Crippen LogP contribution in [0.5, 0.6) is 0 Å². The molecule has 3 nitrogen and oxygen atoms in total. The second-order valence-electron chi connectivity index (χ2n) is 2.47. The third-order valence-corrected chi connectivity index (χ3v) is 1.59. The molecular weight excluding hydrogens is 120 g/mol. The summed E-state index contributed by atoms with van der Waals surface area (Å²) in [7, 11) is 0. The van der Waals surface area contributed by atoms with Gasteiger partial charge in [0.25, 0.3) is 0 Å². The molecule has 2 N–H and O–H groups in total. The van der Waals surface area contributed by atoms with E-state index < -0.39 is 6.10 Å². The number of rotatable bonds is 1. The molecule has 0 spiro atoms. The highest BCUT2D eigenvalue weighted by Crippen LogP contribution is 2.18. The molecule has 1 rings (SSSR count). The molecule has 0 radical (unpaired) electrons. The van der Waals surface area contributed by atoms with E-state index in [1.165, 1.54) is 0 Å². The molecule has 3 heteroatoms. The first-order chi connectivity index (χ1) is 4.24. The highest BCUT2D eigenvalue weighted by molar-refractivity contribution is 4.78. The van der Waals surface area contributed by atoms with Crippen LogP contribution in [0.1, 0.15) is 13.3 Å². The molecule has 0 saturated carbocycles. The van der Waals surface area contributed by atoms with E-state index in [9.17, 15) is 0 Å². The van der Waals surface area contributed by atoms with Gasteiger partial charge in [0, 0.05) is 6.42 Å². The van der Waals surface area contributed by atoms with Gasteiger partial charge in [-0.2, -0.15) is 0 Å². The molecule has 0 aliphatic carbocycles. The van der Waals surface area contributed by atoms with Crippen LogP contribution >= 0.6 is 0 Å². The maximum absolute atomic E-state index is 9.07. The van der Waals surface area contributed by atoms with E-state index in [0.717, 1.165) is 0 Å². The first-order valence-electron chi connectivity index (χ1n) is 3.18. The zero-order valence-electron chi connectivity index (χ0n) is 5.45. The van der Waals surface area contributed by atoms with E-state index in [1.54, 1.807) is 0 Å². The summed E-state index contributed by atoms with van der Waals surface area (Å²) in [5, 5.41) is 17.6. The molecule has 1 saturated heterocycles. The molecule has 1 fully saturated rings. The Kier molecular flexibility index (Phi) is 2.05. The van der Waals surface area contributed by atoms with Gasteiger partial charge in [-0.15, -0.1) is 0 Å². The third kappa shape index (κ3) is 1.41. The topological polar surface area (TPSA) is 49.7 Å². The molecule has 1 heterocycles. The van der Waals surface area contributed by atoms with Crippen molar-refractivity contribution in [2.45, 2.75) is 31.7 Å². The Morgan fingerprint density at radius 2 is 2.33 bits per heavy atom. The summed E-state index contributed by atoms with van der Waals surface area (Å²) in [6.45, 7) is 1.81. The number of ether oxygens (including phenoxy) is 1. The molecule has 0 bridgehead atoms. The van der Waals surface area contributed by atoms with Crippen LogP contribution in [0.15, 0.2) is 0 Å². The van der Waals surface area contributed by atoms with Crippen LogP contribution in [0.2, 0.25) is 0 Å². The van der Waals surface area contributed by atoms with Gasteiger partial charge in [0.15, 0.2) is 0 Å². The van der Waals surface area contributed by atoms with E-state index in [2.05, 4.69) is 0 Å². The maximum atomic E-state index is 9.07. The van der Waals surface area contributed by atoms with Crippen LogP contribution < -0.4 is 0 Å². The Bertz CT molecular complexity index is 94.3. The lowest BCUT2D eigenvalue weighted by molar-refractivity contribution is -0.0170. The van der Waals surface area contributed by atoms with Gasteiger partial charge < -0.3 is 14.9 Å². The minimum Gasteiger partial charge on any atom is -0.394 e. The highest BCUT2D eigenvalue weighted by atomic mass is 16.5. The van der Waals surface area contributed by atoms with Crippen LogP contribution in [-0.2, 0) is 4.74 Å². The van der Waals surface area contributed by atoms with E-state index >= 15 is 0 Å². The van der Waals surface area contributed by atoms with Gasteiger partial charge in [-0.25, -0.2) is 0 Å². The van der Waals surface area contributed by atoms with Crippen molar-refractivity contribution in [1.29, 1.82) is 0 Å². The van der Waals surface area contributed by atoms with Crippen molar-refractivity contribution >= 4 is 0 Å². The summed E-state index contributed by atoms with van der Waals surface area (Å²) in [5.41, 5.74) is 0. The second kappa shape index (κ2) is 2.64. The fourth-order valence-electron chi connectivity index (χ4n) is 1.10. The molecule has 0 aromatic carbocycles.